The normalized spacial score (nSPS) is 14.8. The molecule has 0 aromatic heterocycles. The summed E-state index contributed by atoms with van der Waals surface area (Å²) < 4.78 is 32.7. The average molecular weight is 471 g/mol. The van der Waals surface area contributed by atoms with Crippen molar-refractivity contribution in [2.45, 2.75) is 4.90 Å². The summed E-state index contributed by atoms with van der Waals surface area (Å²) in [6.45, 7) is 1.24. The Morgan fingerprint density at radius 1 is 0.969 bits per heavy atom. The molecule has 3 aromatic carbocycles. The van der Waals surface area contributed by atoms with Crippen molar-refractivity contribution in [3.63, 3.8) is 0 Å². The monoisotopic (exact) mass is 470 g/mol. The number of hydrogen-bond acceptors (Lipinski definition) is 4. The fourth-order valence-electron chi connectivity index (χ4n) is 3.68. The van der Waals surface area contributed by atoms with Crippen molar-refractivity contribution in [3.05, 3.63) is 83.4 Å². The average Bonchev–Trinajstić information content (AvgIpc) is 2.84. The van der Waals surface area contributed by atoms with E-state index >= 15 is 0 Å². The molecule has 0 aliphatic carbocycles. The molecule has 1 amide bonds. The molecule has 0 atom stereocenters. The first-order valence-electron chi connectivity index (χ1n) is 10.2. The molecule has 0 unspecified atom stereocenters. The number of ether oxygens (including phenoxy) is 1. The Morgan fingerprint density at radius 3 is 2.34 bits per heavy atom. The number of para-hydroxylation sites is 1. The van der Waals surface area contributed by atoms with E-state index in [9.17, 15) is 13.2 Å². The van der Waals surface area contributed by atoms with E-state index < -0.39 is 15.9 Å². The maximum atomic E-state index is 13.4. The number of carbonyl (C=O) groups is 1. The third-order valence-electron chi connectivity index (χ3n) is 5.43. The van der Waals surface area contributed by atoms with Gasteiger partial charge in [-0.05, 0) is 29.8 Å². The highest BCUT2D eigenvalue weighted by Crippen LogP contribution is 2.32. The second-order valence-electron chi connectivity index (χ2n) is 7.41. The van der Waals surface area contributed by atoms with Crippen LogP contribution in [0, 0.1) is 0 Å². The van der Waals surface area contributed by atoms with Crippen LogP contribution in [0.15, 0.2) is 77.7 Å². The van der Waals surface area contributed by atoms with Crippen molar-refractivity contribution in [1.82, 2.24) is 4.31 Å². The van der Waals surface area contributed by atoms with Gasteiger partial charge in [0.2, 0.25) is 10.0 Å². The van der Waals surface area contributed by atoms with Crippen LogP contribution in [0.25, 0.3) is 11.1 Å². The number of amides is 1. The second kappa shape index (κ2) is 9.42. The lowest BCUT2D eigenvalue weighted by Gasteiger charge is -2.26. The van der Waals surface area contributed by atoms with Crippen LogP contribution in [0.3, 0.4) is 0 Å². The van der Waals surface area contributed by atoms with Gasteiger partial charge in [-0.15, -0.1) is 0 Å². The minimum Gasteiger partial charge on any atom is -0.379 e. The second-order valence-corrected chi connectivity index (χ2v) is 9.75. The van der Waals surface area contributed by atoms with Crippen LogP contribution >= 0.6 is 11.6 Å². The summed E-state index contributed by atoms with van der Waals surface area (Å²) in [7, 11) is -2.10. The van der Waals surface area contributed by atoms with E-state index in [0.717, 1.165) is 11.1 Å². The molecule has 0 N–H and O–H groups in total. The molecule has 1 aliphatic heterocycles. The largest absolute Gasteiger partial charge is 0.379 e. The molecule has 0 radical (unpaired) electrons. The maximum Gasteiger partial charge on any atom is 0.259 e. The van der Waals surface area contributed by atoms with Gasteiger partial charge in [-0.1, -0.05) is 60.1 Å². The Kier molecular flexibility index (Phi) is 6.62. The van der Waals surface area contributed by atoms with E-state index in [2.05, 4.69) is 0 Å². The maximum absolute atomic E-state index is 13.4. The third kappa shape index (κ3) is 4.42. The number of sulfonamides is 1. The molecule has 8 heteroatoms. The first-order valence-corrected chi connectivity index (χ1v) is 12.0. The van der Waals surface area contributed by atoms with Gasteiger partial charge in [0.25, 0.3) is 5.91 Å². The summed E-state index contributed by atoms with van der Waals surface area (Å²) in [4.78, 5) is 15.0. The van der Waals surface area contributed by atoms with Crippen LogP contribution in [0.4, 0.5) is 5.69 Å². The molecule has 0 spiro atoms. The van der Waals surface area contributed by atoms with E-state index in [1.165, 1.54) is 27.4 Å². The van der Waals surface area contributed by atoms with Crippen LogP contribution in [-0.2, 0) is 14.8 Å². The number of carbonyl (C=O) groups excluding carboxylic acids is 1. The van der Waals surface area contributed by atoms with E-state index in [0.29, 0.717) is 18.9 Å². The zero-order chi connectivity index (χ0) is 22.7. The number of rotatable bonds is 5. The number of hydrogen-bond donors (Lipinski definition) is 0. The molecule has 1 aliphatic rings. The number of benzene rings is 3. The van der Waals surface area contributed by atoms with E-state index in [1.54, 1.807) is 7.05 Å². The minimum atomic E-state index is -3.75. The van der Waals surface area contributed by atoms with E-state index in [4.69, 9.17) is 16.3 Å². The van der Waals surface area contributed by atoms with Crippen molar-refractivity contribution in [3.8, 4) is 11.1 Å². The molecule has 1 saturated heterocycles. The van der Waals surface area contributed by atoms with Gasteiger partial charge >= 0.3 is 0 Å². The first kappa shape index (κ1) is 22.5. The molecule has 1 fully saturated rings. The summed E-state index contributed by atoms with van der Waals surface area (Å²) in [6, 6.07) is 21.5. The number of anilines is 1. The molecular formula is C24H23ClN2O4S. The molecule has 0 saturated carbocycles. The standard InChI is InChI=1S/C24H23ClN2O4S/c1-26(23-10-6-5-9-20(23)18-7-3-2-4-8-18)24(28)21-17-19(11-12-22(21)25)32(29,30)27-13-15-31-16-14-27/h2-12,17H,13-16H2,1H3. The zero-order valence-electron chi connectivity index (χ0n) is 17.6. The lowest BCUT2D eigenvalue weighted by molar-refractivity contribution is 0.0730. The Morgan fingerprint density at radius 2 is 1.62 bits per heavy atom. The smallest absolute Gasteiger partial charge is 0.259 e. The highest BCUT2D eigenvalue weighted by Gasteiger charge is 2.28. The summed E-state index contributed by atoms with van der Waals surface area (Å²) in [5.74, 6) is -0.391. The Balaban J connectivity index is 1.69. The molecule has 3 aromatic rings. The van der Waals surface area contributed by atoms with Crippen molar-refractivity contribution in [2.24, 2.45) is 0 Å². The first-order chi connectivity index (χ1) is 15.4. The summed E-state index contributed by atoms with van der Waals surface area (Å²) >= 11 is 6.34. The van der Waals surface area contributed by atoms with Gasteiger partial charge in [0.1, 0.15) is 0 Å². The molecule has 32 heavy (non-hydrogen) atoms. The van der Waals surface area contributed by atoms with Gasteiger partial charge in [0.15, 0.2) is 0 Å². The number of nitrogens with zero attached hydrogens (tertiary/aromatic N) is 2. The molecule has 166 valence electrons. The molecule has 6 nitrogen and oxygen atoms in total. The fourth-order valence-corrected chi connectivity index (χ4v) is 5.32. The van der Waals surface area contributed by atoms with Crippen LogP contribution in [0.5, 0.6) is 0 Å². The van der Waals surface area contributed by atoms with Gasteiger partial charge in [-0.3, -0.25) is 4.79 Å². The van der Waals surface area contributed by atoms with Crippen molar-refractivity contribution >= 4 is 33.2 Å². The van der Waals surface area contributed by atoms with Crippen LogP contribution in [0.1, 0.15) is 10.4 Å². The molecular weight excluding hydrogens is 448 g/mol. The van der Waals surface area contributed by atoms with E-state index in [1.807, 2.05) is 54.6 Å². The number of morpholine rings is 1. The topological polar surface area (TPSA) is 66.9 Å². The lowest BCUT2D eigenvalue weighted by atomic mass is 10.0. The lowest BCUT2D eigenvalue weighted by Crippen LogP contribution is -2.40. The van der Waals surface area contributed by atoms with Gasteiger partial charge in [0.05, 0.1) is 34.4 Å². The van der Waals surface area contributed by atoms with Gasteiger partial charge in [0, 0.05) is 25.7 Å². The SMILES string of the molecule is CN(C(=O)c1cc(S(=O)(=O)N2CCOCC2)ccc1Cl)c1ccccc1-c1ccccc1. The predicted molar refractivity (Wildman–Crippen MR) is 126 cm³/mol. The Hall–Kier alpha value is -2.71. The molecule has 4 rings (SSSR count). The molecule has 0 bridgehead atoms. The van der Waals surface area contributed by atoms with E-state index in [-0.39, 0.29) is 28.6 Å². The van der Waals surface area contributed by atoms with Crippen LogP contribution < -0.4 is 4.90 Å². The van der Waals surface area contributed by atoms with Crippen molar-refractivity contribution in [2.75, 3.05) is 38.3 Å². The molecule has 1 heterocycles. The van der Waals surface area contributed by atoms with Gasteiger partial charge in [-0.25, -0.2) is 8.42 Å². The Labute approximate surface area is 193 Å². The van der Waals surface area contributed by atoms with Crippen LogP contribution in [0.2, 0.25) is 5.02 Å². The summed E-state index contributed by atoms with van der Waals surface area (Å²) in [6.07, 6.45) is 0. The van der Waals surface area contributed by atoms with Crippen LogP contribution in [-0.4, -0.2) is 52.0 Å². The highest BCUT2D eigenvalue weighted by molar-refractivity contribution is 7.89. The fraction of sp³-hybridized carbons (Fsp3) is 0.208. The van der Waals surface area contributed by atoms with Gasteiger partial charge < -0.3 is 9.64 Å². The van der Waals surface area contributed by atoms with Gasteiger partial charge in [-0.2, -0.15) is 4.31 Å². The quantitative estimate of drug-likeness (QED) is 0.557. The summed E-state index contributed by atoms with van der Waals surface area (Å²) in [5.41, 5.74) is 2.68. The Bertz CT molecular complexity index is 1230. The predicted octanol–water partition coefficient (Wildman–Crippen LogP) is 4.30. The number of halogens is 1. The van der Waals surface area contributed by atoms with Crippen molar-refractivity contribution < 1.29 is 17.9 Å². The van der Waals surface area contributed by atoms with Crippen molar-refractivity contribution in [1.29, 1.82) is 0 Å². The summed E-state index contributed by atoms with van der Waals surface area (Å²) in [5, 5.41) is 0.194. The minimum absolute atomic E-state index is 0.0388. The zero-order valence-corrected chi connectivity index (χ0v) is 19.1. The highest BCUT2D eigenvalue weighted by atomic mass is 35.5. The third-order valence-corrected chi connectivity index (χ3v) is 7.66.